The average molecular weight is 449 g/mol. The monoisotopic (exact) mass is 448 g/mol. The largest absolute Gasteiger partial charge is 0.482 e. The van der Waals surface area contributed by atoms with E-state index in [2.05, 4.69) is 10.0 Å². The van der Waals surface area contributed by atoms with Crippen LogP contribution in [0.3, 0.4) is 0 Å². The van der Waals surface area contributed by atoms with Crippen molar-refractivity contribution in [3.05, 3.63) is 53.6 Å². The highest BCUT2D eigenvalue weighted by atomic mass is 32.2. The number of esters is 1. The standard InChI is InChI=1S/C22H28N2O6S/c1-14(2)24-31(27,28)20-10-7-18(8-11-20)23-22(26)17(5)30-21(25)13-29-19-9-6-15(3)16(4)12-19/h6-12,14,17,24H,13H2,1-5H3,(H,23,26). The first kappa shape index (κ1) is 24.4. The molecule has 31 heavy (non-hydrogen) atoms. The molecule has 1 amide bonds. The van der Waals surface area contributed by atoms with Crippen LogP contribution in [0.25, 0.3) is 0 Å². The third-order valence-corrected chi connectivity index (χ3v) is 6.01. The molecule has 0 aliphatic heterocycles. The lowest BCUT2D eigenvalue weighted by atomic mass is 10.1. The van der Waals surface area contributed by atoms with E-state index in [0.29, 0.717) is 11.4 Å². The van der Waals surface area contributed by atoms with Gasteiger partial charge in [-0.3, -0.25) is 4.79 Å². The lowest BCUT2D eigenvalue weighted by Crippen LogP contribution is -2.32. The molecule has 0 spiro atoms. The van der Waals surface area contributed by atoms with E-state index in [4.69, 9.17) is 9.47 Å². The minimum Gasteiger partial charge on any atom is -0.482 e. The molecule has 2 aromatic rings. The van der Waals surface area contributed by atoms with Crippen molar-refractivity contribution >= 4 is 27.6 Å². The second kappa shape index (κ2) is 10.4. The van der Waals surface area contributed by atoms with Crippen molar-refractivity contribution in [3.8, 4) is 5.75 Å². The molecular weight excluding hydrogens is 420 g/mol. The molecule has 0 fully saturated rings. The molecule has 0 aromatic heterocycles. The Hall–Kier alpha value is -2.91. The van der Waals surface area contributed by atoms with Crippen LogP contribution in [-0.2, 0) is 24.3 Å². The molecule has 2 N–H and O–H groups in total. The van der Waals surface area contributed by atoms with E-state index in [9.17, 15) is 18.0 Å². The van der Waals surface area contributed by atoms with Gasteiger partial charge >= 0.3 is 5.97 Å². The number of aryl methyl sites for hydroxylation is 2. The number of sulfonamides is 1. The first-order valence-electron chi connectivity index (χ1n) is 9.80. The van der Waals surface area contributed by atoms with Crippen LogP contribution < -0.4 is 14.8 Å². The van der Waals surface area contributed by atoms with Gasteiger partial charge in [0.15, 0.2) is 12.7 Å². The average Bonchev–Trinajstić information content (AvgIpc) is 2.68. The van der Waals surface area contributed by atoms with E-state index in [1.165, 1.54) is 31.2 Å². The summed E-state index contributed by atoms with van der Waals surface area (Å²) in [5, 5.41) is 2.58. The van der Waals surface area contributed by atoms with E-state index in [0.717, 1.165) is 11.1 Å². The Balaban J connectivity index is 1.87. The van der Waals surface area contributed by atoms with E-state index >= 15 is 0 Å². The predicted octanol–water partition coefficient (Wildman–Crippen LogP) is 2.94. The lowest BCUT2D eigenvalue weighted by molar-refractivity contribution is -0.155. The Morgan fingerprint density at radius 2 is 1.61 bits per heavy atom. The van der Waals surface area contributed by atoms with Gasteiger partial charge in [-0.1, -0.05) is 6.07 Å². The van der Waals surface area contributed by atoms with Crippen molar-refractivity contribution in [3.63, 3.8) is 0 Å². The molecule has 0 aliphatic carbocycles. The van der Waals surface area contributed by atoms with Crippen LogP contribution in [-0.4, -0.2) is 39.0 Å². The van der Waals surface area contributed by atoms with Crippen molar-refractivity contribution in [2.24, 2.45) is 0 Å². The third-order valence-electron chi connectivity index (χ3n) is 4.34. The summed E-state index contributed by atoms with van der Waals surface area (Å²) < 4.78 is 37.3. The van der Waals surface area contributed by atoms with Crippen molar-refractivity contribution in [2.45, 2.75) is 51.7 Å². The summed E-state index contributed by atoms with van der Waals surface area (Å²) in [7, 11) is -3.62. The van der Waals surface area contributed by atoms with E-state index < -0.39 is 28.0 Å². The molecule has 0 saturated carbocycles. The number of anilines is 1. The van der Waals surface area contributed by atoms with Crippen molar-refractivity contribution in [1.82, 2.24) is 4.72 Å². The quantitative estimate of drug-likeness (QED) is 0.571. The number of rotatable bonds is 9. The maximum absolute atomic E-state index is 12.3. The molecule has 0 aliphatic rings. The summed E-state index contributed by atoms with van der Waals surface area (Å²) in [6.07, 6.45) is -1.05. The van der Waals surface area contributed by atoms with E-state index in [1.54, 1.807) is 19.9 Å². The number of hydrogen-bond acceptors (Lipinski definition) is 6. The van der Waals surface area contributed by atoms with Crippen LogP contribution >= 0.6 is 0 Å². The highest BCUT2D eigenvalue weighted by Gasteiger charge is 2.19. The van der Waals surface area contributed by atoms with Crippen LogP contribution in [0, 0.1) is 13.8 Å². The van der Waals surface area contributed by atoms with E-state index in [1.807, 2.05) is 26.0 Å². The number of ether oxygens (including phenoxy) is 2. The molecule has 0 bridgehead atoms. The zero-order valence-corrected chi connectivity index (χ0v) is 19.1. The maximum Gasteiger partial charge on any atom is 0.344 e. The summed E-state index contributed by atoms with van der Waals surface area (Å²) in [6, 6.07) is 10.9. The second-order valence-electron chi connectivity index (χ2n) is 7.46. The van der Waals surface area contributed by atoms with Crippen LogP contribution in [0.2, 0.25) is 0 Å². The number of benzene rings is 2. The SMILES string of the molecule is Cc1ccc(OCC(=O)OC(C)C(=O)Nc2ccc(S(=O)(=O)NC(C)C)cc2)cc1C. The van der Waals surface area contributed by atoms with Crippen LogP contribution in [0.5, 0.6) is 5.75 Å². The van der Waals surface area contributed by atoms with Crippen molar-refractivity contribution < 1.29 is 27.5 Å². The van der Waals surface area contributed by atoms with Gasteiger partial charge in [0.2, 0.25) is 10.0 Å². The highest BCUT2D eigenvalue weighted by Crippen LogP contribution is 2.17. The smallest absolute Gasteiger partial charge is 0.344 e. The second-order valence-corrected chi connectivity index (χ2v) is 9.17. The summed E-state index contributed by atoms with van der Waals surface area (Å²) in [4.78, 5) is 24.3. The van der Waals surface area contributed by atoms with Crippen LogP contribution in [0.15, 0.2) is 47.4 Å². The van der Waals surface area contributed by atoms with Gasteiger partial charge in [-0.05, 0) is 82.1 Å². The fourth-order valence-electron chi connectivity index (χ4n) is 2.57. The van der Waals surface area contributed by atoms with Gasteiger partial charge < -0.3 is 14.8 Å². The highest BCUT2D eigenvalue weighted by molar-refractivity contribution is 7.89. The third kappa shape index (κ3) is 7.37. The summed E-state index contributed by atoms with van der Waals surface area (Å²) in [5.41, 5.74) is 2.53. The zero-order chi connectivity index (χ0) is 23.2. The number of hydrogen-bond donors (Lipinski definition) is 2. The van der Waals surface area contributed by atoms with Gasteiger partial charge in [0, 0.05) is 11.7 Å². The molecule has 2 rings (SSSR count). The molecule has 8 nitrogen and oxygen atoms in total. The van der Waals surface area contributed by atoms with Crippen LogP contribution in [0.4, 0.5) is 5.69 Å². The number of nitrogens with one attached hydrogen (secondary N) is 2. The maximum atomic E-state index is 12.3. The predicted molar refractivity (Wildman–Crippen MR) is 117 cm³/mol. The Bertz CT molecular complexity index is 1030. The summed E-state index contributed by atoms with van der Waals surface area (Å²) in [6.45, 7) is 8.48. The molecule has 168 valence electrons. The number of carbonyl (C=O) groups is 2. The molecule has 1 unspecified atom stereocenters. The molecule has 0 radical (unpaired) electrons. The van der Waals surface area contributed by atoms with Crippen molar-refractivity contribution in [1.29, 1.82) is 0 Å². The minimum absolute atomic E-state index is 0.0853. The molecule has 0 saturated heterocycles. The Morgan fingerprint density at radius 1 is 0.968 bits per heavy atom. The van der Waals surface area contributed by atoms with E-state index in [-0.39, 0.29) is 17.5 Å². The number of amides is 1. The Labute approximate surface area is 183 Å². The molecule has 1 atom stereocenters. The fourth-order valence-corrected chi connectivity index (χ4v) is 3.82. The Morgan fingerprint density at radius 3 is 2.19 bits per heavy atom. The van der Waals surface area contributed by atoms with Gasteiger partial charge in [-0.25, -0.2) is 17.9 Å². The van der Waals surface area contributed by atoms with Gasteiger partial charge in [0.1, 0.15) is 5.75 Å². The van der Waals surface area contributed by atoms with Gasteiger partial charge in [-0.15, -0.1) is 0 Å². The van der Waals surface area contributed by atoms with Gasteiger partial charge in [-0.2, -0.15) is 0 Å². The zero-order valence-electron chi connectivity index (χ0n) is 18.3. The number of carbonyl (C=O) groups excluding carboxylic acids is 2. The molecule has 9 heteroatoms. The summed E-state index contributed by atoms with van der Waals surface area (Å²) >= 11 is 0. The van der Waals surface area contributed by atoms with Crippen LogP contribution in [0.1, 0.15) is 31.9 Å². The van der Waals surface area contributed by atoms with Crippen molar-refractivity contribution in [2.75, 3.05) is 11.9 Å². The molecular formula is C22H28N2O6S. The Kier molecular flexibility index (Phi) is 8.18. The van der Waals surface area contributed by atoms with Gasteiger partial charge in [0.25, 0.3) is 5.91 Å². The minimum atomic E-state index is -3.62. The topological polar surface area (TPSA) is 111 Å². The lowest BCUT2D eigenvalue weighted by Gasteiger charge is -2.15. The first-order chi connectivity index (χ1) is 14.5. The molecule has 0 heterocycles. The van der Waals surface area contributed by atoms with Gasteiger partial charge in [0.05, 0.1) is 4.90 Å². The molecule has 2 aromatic carbocycles. The summed E-state index contributed by atoms with van der Waals surface area (Å²) in [5.74, 6) is -0.684. The fraction of sp³-hybridized carbons (Fsp3) is 0.364. The normalized spacial score (nSPS) is 12.3. The first-order valence-corrected chi connectivity index (χ1v) is 11.3.